The maximum atomic E-state index is 13.8. The molecule has 3 aliphatic heterocycles. The Morgan fingerprint density at radius 2 is 1.91 bits per heavy atom. The van der Waals surface area contributed by atoms with Crippen molar-refractivity contribution in [3.63, 3.8) is 0 Å². The zero-order valence-corrected chi connectivity index (χ0v) is 19.1. The van der Waals surface area contributed by atoms with Crippen LogP contribution >= 0.6 is 11.6 Å². The van der Waals surface area contributed by atoms with Crippen LogP contribution in [0.2, 0.25) is 5.02 Å². The molecule has 8 nitrogen and oxygen atoms in total. The van der Waals surface area contributed by atoms with E-state index < -0.39 is 47.2 Å². The lowest BCUT2D eigenvalue weighted by Crippen LogP contribution is -2.54. The predicted octanol–water partition coefficient (Wildman–Crippen LogP) is 1.96. The molecule has 5 rings (SSSR count). The fourth-order valence-electron chi connectivity index (χ4n) is 5.55. The van der Waals surface area contributed by atoms with Gasteiger partial charge in [0.15, 0.2) is 0 Å². The minimum Gasteiger partial charge on any atom is -0.496 e. The lowest BCUT2D eigenvalue weighted by molar-refractivity contribution is -0.143. The van der Waals surface area contributed by atoms with Crippen molar-refractivity contribution in [1.82, 2.24) is 10.2 Å². The molecule has 5 atom stereocenters. The average Bonchev–Trinajstić information content (AvgIpc) is 3.38. The number of aliphatic hydroxyl groups is 1. The van der Waals surface area contributed by atoms with Crippen molar-refractivity contribution in [2.75, 3.05) is 12.4 Å². The topological polar surface area (TPSA) is 108 Å². The first-order chi connectivity index (χ1) is 15.7. The Bertz CT molecular complexity index is 1200. The third-order valence-electron chi connectivity index (χ3n) is 7.15. The quantitative estimate of drug-likeness (QED) is 0.591. The summed E-state index contributed by atoms with van der Waals surface area (Å²) in [5, 5.41) is 17.1. The van der Waals surface area contributed by atoms with Crippen molar-refractivity contribution >= 4 is 35.0 Å². The highest BCUT2D eigenvalue weighted by Gasteiger charge is 2.71. The molecular formula is C24H24ClN3O5. The van der Waals surface area contributed by atoms with Crippen LogP contribution < -0.4 is 15.4 Å². The Hall–Kier alpha value is -2.94. The van der Waals surface area contributed by atoms with Gasteiger partial charge in [0, 0.05) is 22.2 Å². The lowest BCUT2D eigenvalue weighted by Gasteiger charge is -2.30. The van der Waals surface area contributed by atoms with Gasteiger partial charge < -0.3 is 15.2 Å². The van der Waals surface area contributed by atoms with Crippen LogP contribution in [0.15, 0.2) is 36.4 Å². The Morgan fingerprint density at radius 3 is 2.61 bits per heavy atom. The molecule has 3 heterocycles. The molecule has 9 heteroatoms. The number of hydrogen-bond donors (Lipinski definition) is 3. The number of aliphatic hydroxyl groups excluding tert-OH is 1. The monoisotopic (exact) mass is 469 g/mol. The summed E-state index contributed by atoms with van der Waals surface area (Å²) in [4.78, 5) is 42.0. The van der Waals surface area contributed by atoms with E-state index in [1.807, 2.05) is 0 Å². The number of para-hydroxylation sites is 1. The van der Waals surface area contributed by atoms with Gasteiger partial charge in [0.2, 0.25) is 17.7 Å². The molecule has 2 fully saturated rings. The molecule has 3 aliphatic rings. The lowest BCUT2D eigenvalue weighted by atomic mass is 9.76. The number of halogens is 1. The highest BCUT2D eigenvalue weighted by Crippen LogP contribution is 2.54. The molecule has 33 heavy (non-hydrogen) atoms. The largest absolute Gasteiger partial charge is 0.496 e. The summed E-state index contributed by atoms with van der Waals surface area (Å²) in [5.41, 5.74) is 0.984. The maximum Gasteiger partial charge on any atom is 0.250 e. The highest BCUT2D eigenvalue weighted by atomic mass is 35.5. The van der Waals surface area contributed by atoms with E-state index in [9.17, 15) is 19.5 Å². The van der Waals surface area contributed by atoms with E-state index in [1.54, 1.807) is 50.2 Å². The number of amides is 3. The zero-order chi connectivity index (χ0) is 23.7. The molecule has 5 unspecified atom stereocenters. The number of hydrogen-bond acceptors (Lipinski definition) is 6. The first-order valence-electron chi connectivity index (χ1n) is 10.8. The van der Waals surface area contributed by atoms with Gasteiger partial charge in [-0.15, -0.1) is 0 Å². The van der Waals surface area contributed by atoms with Crippen LogP contribution in [0, 0.1) is 18.8 Å². The number of rotatable bonds is 4. The van der Waals surface area contributed by atoms with E-state index in [4.69, 9.17) is 16.3 Å². The van der Waals surface area contributed by atoms with E-state index in [-0.39, 0.29) is 6.54 Å². The number of carbonyl (C=O) groups is 3. The molecule has 0 bridgehead atoms. The standard InChI is InChI=1S/C24H24ClN3O5/c1-11-15(25)9-8-14-19(11)26-23(32)24(14)18-17(20(27-24)12(2)29)21(30)28(22(18)31)10-13-6-4-5-7-16(13)33-3/h4-9,12,17-18,20,27,29H,10H2,1-3H3,(H,26,32). The number of methoxy groups -OCH3 is 1. The Balaban J connectivity index is 1.63. The summed E-state index contributed by atoms with van der Waals surface area (Å²) in [6.45, 7) is 3.36. The normalized spacial score (nSPS) is 28.8. The zero-order valence-electron chi connectivity index (χ0n) is 18.4. The van der Waals surface area contributed by atoms with Crippen molar-refractivity contribution < 1.29 is 24.2 Å². The van der Waals surface area contributed by atoms with Crippen LogP contribution in [0.3, 0.4) is 0 Å². The van der Waals surface area contributed by atoms with Gasteiger partial charge in [-0.1, -0.05) is 35.9 Å². The molecule has 2 aromatic carbocycles. The summed E-state index contributed by atoms with van der Waals surface area (Å²) in [5.74, 6) is -2.63. The molecule has 2 saturated heterocycles. The maximum absolute atomic E-state index is 13.8. The minimum atomic E-state index is -1.47. The van der Waals surface area contributed by atoms with Gasteiger partial charge in [0.25, 0.3) is 0 Å². The first-order valence-corrected chi connectivity index (χ1v) is 11.1. The molecule has 0 aliphatic carbocycles. The smallest absolute Gasteiger partial charge is 0.250 e. The van der Waals surface area contributed by atoms with Crippen LogP contribution in [0.5, 0.6) is 5.75 Å². The van der Waals surface area contributed by atoms with Crippen molar-refractivity contribution in [2.24, 2.45) is 11.8 Å². The third-order valence-corrected chi connectivity index (χ3v) is 7.56. The predicted molar refractivity (Wildman–Crippen MR) is 121 cm³/mol. The fraction of sp³-hybridized carbons (Fsp3) is 0.375. The van der Waals surface area contributed by atoms with Gasteiger partial charge in [0.1, 0.15) is 11.3 Å². The Morgan fingerprint density at radius 1 is 1.18 bits per heavy atom. The number of anilines is 1. The van der Waals surface area contributed by atoms with Gasteiger partial charge >= 0.3 is 0 Å². The summed E-state index contributed by atoms with van der Waals surface area (Å²) >= 11 is 6.27. The second-order valence-electron chi connectivity index (χ2n) is 8.85. The van der Waals surface area contributed by atoms with Crippen LogP contribution in [0.25, 0.3) is 0 Å². The van der Waals surface area contributed by atoms with E-state index >= 15 is 0 Å². The van der Waals surface area contributed by atoms with Crippen molar-refractivity contribution in [1.29, 1.82) is 0 Å². The molecule has 0 saturated carbocycles. The van der Waals surface area contributed by atoms with E-state index in [0.29, 0.717) is 33.1 Å². The Kier molecular flexibility index (Phi) is 5.00. The number of imide groups is 1. The molecular weight excluding hydrogens is 446 g/mol. The molecule has 3 amide bonds. The fourth-order valence-corrected chi connectivity index (χ4v) is 5.71. The van der Waals surface area contributed by atoms with Crippen molar-refractivity contribution in [3.05, 3.63) is 58.1 Å². The highest BCUT2D eigenvalue weighted by molar-refractivity contribution is 6.32. The average molecular weight is 470 g/mol. The van der Waals surface area contributed by atoms with Gasteiger partial charge in [0.05, 0.1) is 37.3 Å². The molecule has 1 spiro atoms. The van der Waals surface area contributed by atoms with Gasteiger partial charge in [-0.25, -0.2) is 0 Å². The number of carbonyl (C=O) groups excluding carboxylic acids is 3. The number of benzene rings is 2. The molecule has 2 aromatic rings. The molecule has 0 radical (unpaired) electrons. The van der Waals surface area contributed by atoms with E-state index in [2.05, 4.69) is 10.6 Å². The molecule has 0 aromatic heterocycles. The van der Waals surface area contributed by atoms with E-state index in [0.717, 1.165) is 0 Å². The number of nitrogens with zero attached hydrogens (tertiary/aromatic N) is 1. The van der Waals surface area contributed by atoms with Crippen molar-refractivity contribution in [3.8, 4) is 5.75 Å². The van der Waals surface area contributed by atoms with Crippen LogP contribution in [0.4, 0.5) is 5.69 Å². The minimum absolute atomic E-state index is 0.0193. The number of nitrogens with one attached hydrogen (secondary N) is 2. The summed E-state index contributed by atoms with van der Waals surface area (Å²) < 4.78 is 5.38. The third kappa shape index (κ3) is 2.87. The SMILES string of the molecule is COc1ccccc1CN1C(=O)C2C(C(C)O)NC3(C(=O)Nc4c3ccc(Cl)c4C)C2C1=O. The summed E-state index contributed by atoms with van der Waals surface area (Å²) in [6.07, 6.45) is -0.968. The summed E-state index contributed by atoms with van der Waals surface area (Å²) in [6, 6.07) is 9.77. The number of likely N-dealkylation sites (tertiary alicyclic amines) is 1. The van der Waals surface area contributed by atoms with E-state index in [1.165, 1.54) is 12.0 Å². The second kappa shape index (κ2) is 7.55. The molecule has 172 valence electrons. The van der Waals surface area contributed by atoms with Crippen LogP contribution in [0.1, 0.15) is 23.6 Å². The van der Waals surface area contributed by atoms with Crippen LogP contribution in [-0.2, 0) is 26.5 Å². The van der Waals surface area contributed by atoms with Crippen molar-refractivity contribution in [2.45, 2.75) is 38.1 Å². The number of fused-ring (bicyclic) bond motifs is 4. The van der Waals surface area contributed by atoms with Crippen LogP contribution in [-0.4, -0.2) is 47.0 Å². The number of ether oxygens (including phenoxy) is 1. The first kappa shape index (κ1) is 21.9. The second-order valence-corrected chi connectivity index (χ2v) is 9.25. The van der Waals surface area contributed by atoms with Gasteiger partial charge in [-0.05, 0) is 31.5 Å². The summed E-state index contributed by atoms with van der Waals surface area (Å²) in [7, 11) is 1.52. The van der Waals surface area contributed by atoms with Gasteiger partial charge in [-0.3, -0.25) is 24.6 Å². The molecule has 3 N–H and O–H groups in total. The van der Waals surface area contributed by atoms with Gasteiger partial charge in [-0.2, -0.15) is 0 Å². The Labute approximate surface area is 195 Å².